The summed E-state index contributed by atoms with van der Waals surface area (Å²) in [6.45, 7) is 4.54. The number of benzene rings is 2. The lowest BCUT2D eigenvalue weighted by Crippen LogP contribution is -2.15. The second-order valence-electron chi connectivity index (χ2n) is 6.02. The number of anilines is 2. The Morgan fingerprint density at radius 1 is 0.864 bits per heavy atom. The summed E-state index contributed by atoms with van der Waals surface area (Å²) in [5, 5.41) is 3.24. The largest absolute Gasteiger partial charge is 0.324 e. The smallest absolute Gasteiger partial charge is 0.230 e. The molecule has 4 heteroatoms. The number of nitrogens with one attached hydrogen (secondary N) is 1. The van der Waals surface area contributed by atoms with Gasteiger partial charge >= 0.3 is 0 Å². The van der Waals surface area contributed by atoms with Crippen LogP contribution in [-0.2, 0) is 5.41 Å². The molecule has 0 aliphatic heterocycles. The zero-order valence-electron chi connectivity index (χ0n) is 12.5. The van der Waals surface area contributed by atoms with E-state index in [2.05, 4.69) is 76.6 Å². The summed E-state index contributed by atoms with van der Waals surface area (Å²) < 4.78 is 0. The number of hydrogen-bond acceptors (Lipinski definition) is 4. The van der Waals surface area contributed by atoms with Crippen molar-refractivity contribution in [1.29, 1.82) is 0 Å². The van der Waals surface area contributed by atoms with Gasteiger partial charge in [0.1, 0.15) is 12.7 Å². The van der Waals surface area contributed by atoms with Crippen molar-refractivity contribution >= 4 is 11.6 Å². The van der Waals surface area contributed by atoms with E-state index < -0.39 is 0 Å². The second-order valence-corrected chi connectivity index (χ2v) is 6.02. The maximum absolute atomic E-state index is 4.11. The molecular formula is C18H16N4. The van der Waals surface area contributed by atoms with Crippen LogP contribution in [-0.4, -0.2) is 15.0 Å². The predicted octanol–water partition coefficient (Wildman–Crippen LogP) is 3.92. The van der Waals surface area contributed by atoms with Gasteiger partial charge in [-0.25, -0.2) is 15.0 Å². The molecule has 1 heterocycles. The number of nitrogens with zero attached hydrogens (tertiary/aromatic N) is 3. The van der Waals surface area contributed by atoms with E-state index in [0.717, 1.165) is 5.69 Å². The van der Waals surface area contributed by atoms with Gasteiger partial charge in [-0.05, 0) is 34.4 Å². The molecule has 4 nitrogen and oxygen atoms in total. The first-order valence-electron chi connectivity index (χ1n) is 7.30. The Labute approximate surface area is 129 Å². The Hall–Kier alpha value is -2.75. The second kappa shape index (κ2) is 4.63. The quantitative estimate of drug-likeness (QED) is 0.776. The third kappa shape index (κ3) is 1.88. The first kappa shape index (κ1) is 13.0. The van der Waals surface area contributed by atoms with Crippen molar-refractivity contribution in [1.82, 2.24) is 15.0 Å². The van der Waals surface area contributed by atoms with Gasteiger partial charge in [0.2, 0.25) is 5.95 Å². The lowest BCUT2D eigenvalue weighted by atomic mass is 9.82. The van der Waals surface area contributed by atoms with Crippen LogP contribution >= 0.6 is 0 Å². The molecule has 4 rings (SSSR count). The molecule has 22 heavy (non-hydrogen) atoms. The zero-order valence-corrected chi connectivity index (χ0v) is 12.5. The fourth-order valence-electron chi connectivity index (χ4n) is 3.21. The van der Waals surface area contributed by atoms with E-state index in [4.69, 9.17) is 0 Å². The number of fused-ring (bicyclic) bond motifs is 3. The molecule has 0 amide bonds. The SMILES string of the molecule is CC1(C)c2ccccc2-c2ccc(Nc3ncncn3)cc21. The highest BCUT2D eigenvalue weighted by molar-refractivity contribution is 5.82. The highest BCUT2D eigenvalue weighted by atomic mass is 15.1. The summed E-state index contributed by atoms with van der Waals surface area (Å²) in [6, 6.07) is 15.1. The topological polar surface area (TPSA) is 50.7 Å². The van der Waals surface area contributed by atoms with Crippen LogP contribution in [0, 0.1) is 0 Å². The lowest BCUT2D eigenvalue weighted by Gasteiger charge is -2.21. The maximum atomic E-state index is 4.11. The van der Waals surface area contributed by atoms with Crippen LogP contribution in [0.4, 0.5) is 11.6 Å². The molecule has 3 aromatic rings. The highest BCUT2D eigenvalue weighted by Gasteiger charge is 2.35. The van der Waals surface area contributed by atoms with Gasteiger partial charge in [0.15, 0.2) is 0 Å². The lowest BCUT2D eigenvalue weighted by molar-refractivity contribution is 0.660. The van der Waals surface area contributed by atoms with Crippen LogP contribution in [0.15, 0.2) is 55.1 Å². The van der Waals surface area contributed by atoms with E-state index >= 15 is 0 Å². The summed E-state index contributed by atoms with van der Waals surface area (Å²) >= 11 is 0. The minimum absolute atomic E-state index is 0.00270. The van der Waals surface area contributed by atoms with Crippen molar-refractivity contribution in [2.75, 3.05) is 5.32 Å². The molecule has 108 valence electrons. The van der Waals surface area contributed by atoms with Crippen LogP contribution in [0.5, 0.6) is 0 Å². The van der Waals surface area contributed by atoms with Crippen molar-refractivity contribution in [3.8, 4) is 11.1 Å². The van der Waals surface area contributed by atoms with E-state index in [9.17, 15) is 0 Å². The molecule has 1 aliphatic carbocycles. The zero-order chi connectivity index (χ0) is 15.2. The van der Waals surface area contributed by atoms with Gasteiger partial charge < -0.3 is 5.32 Å². The van der Waals surface area contributed by atoms with Crippen molar-refractivity contribution < 1.29 is 0 Å². The molecule has 0 unspecified atom stereocenters. The molecule has 0 saturated heterocycles. The normalized spacial score (nSPS) is 14.3. The Balaban J connectivity index is 1.79. The molecule has 0 bridgehead atoms. The third-order valence-electron chi connectivity index (χ3n) is 4.33. The Morgan fingerprint density at radius 2 is 1.59 bits per heavy atom. The minimum Gasteiger partial charge on any atom is -0.324 e. The van der Waals surface area contributed by atoms with Crippen LogP contribution < -0.4 is 5.32 Å². The Morgan fingerprint density at radius 3 is 2.41 bits per heavy atom. The first-order chi connectivity index (χ1) is 10.7. The van der Waals surface area contributed by atoms with E-state index in [1.54, 1.807) is 0 Å². The van der Waals surface area contributed by atoms with E-state index in [0.29, 0.717) is 5.95 Å². The number of aromatic nitrogens is 3. The van der Waals surface area contributed by atoms with Crippen LogP contribution in [0.25, 0.3) is 11.1 Å². The average Bonchev–Trinajstić information content (AvgIpc) is 2.77. The number of hydrogen-bond donors (Lipinski definition) is 1. The maximum Gasteiger partial charge on any atom is 0.230 e. The molecule has 0 fully saturated rings. The standard InChI is InChI=1S/C18H16N4/c1-18(2)15-6-4-3-5-13(15)14-8-7-12(9-16(14)18)22-17-20-10-19-11-21-17/h3-11H,1-2H3,(H,19,20,21,22). The summed E-state index contributed by atoms with van der Waals surface area (Å²) in [5.41, 5.74) is 6.33. The first-order valence-corrected chi connectivity index (χ1v) is 7.30. The summed E-state index contributed by atoms with van der Waals surface area (Å²) in [6.07, 6.45) is 2.98. The van der Waals surface area contributed by atoms with Crippen molar-refractivity contribution in [2.24, 2.45) is 0 Å². The van der Waals surface area contributed by atoms with Gasteiger partial charge in [-0.3, -0.25) is 0 Å². The summed E-state index contributed by atoms with van der Waals surface area (Å²) in [4.78, 5) is 12.1. The average molecular weight is 288 g/mol. The predicted molar refractivity (Wildman–Crippen MR) is 87.1 cm³/mol. The molecule has 0 spiro atoms. The fourth-order valence-corrected chi connectivity index (χ4v) is 3.21. The van der Waals surface area contributed by atoms with Gasteiger partial charge in [0.25, 0.3) is 0 Å². The van der Waals surface area contributed by atoms with Crippen LogP contribution in [0.1, 0.15) is 25.0 Å². The van der Waals surface area contributed by atoms with Crippen LogP contribution in [0.3, 0.4) is 0 Å². The van der Waals surface area contributed by atoms with Crippen molar-refractivity contribution in [2.45, 2.75) is 19.3 Å². The van der Waals surface area contributed by atoms with Crippen LogP contribution in [0.2, 0.25) is 0 Å². The molecule has 2 aromatic carbocycles. The van der Waals surface area contributed by atoms with E-state index in [-0.39, 0.29) is 5.41 Å². The van der Waals surface area contributed by atoms with Gasteiger partial charge in [-0.15, -0.1) is 0 Å². The van der Waals surface area contributed by atoms with Gasteiger partial charge in [0, 0.05) is 11.1 Å². The molecule has 1 N–H and O–H groups in total. The molecule has 1 aromatic heterocycles. The molecule has 0 radical (unpaired) electrons. The molecule has 0 atom stereocenters. The molecule has 0 saturated carbocycles. The Bertz CT molecular complexity index is 841. The Kier molecular flexibility index (Phi) is 2.73. The number of rotatable bonds is 2. The fraction of sp³-hybridized carbons (Fsp3) is 0.167. The minimum atomic E-state index is 0.00270. The van der Waals surface area contributed by atoms with E-state index in [1.165, 1.54) is 34.9 Å². The third-order valence-corrected chi connectivity index (χ3v) is 4.33. The molecule has 1 aliphatic rings. The summed E-state index contributed by atoms with van der Waals surface area (Å²) in [7, 11) is 0. The van der Waals surface area contributed by atoms with Crippen molar-refractivity contribution in [3.05, 3.63) is 66.2 Å². The molecular weight excluding hydrogens is 272 g/mol. The van der Waals surface area contributed by atoms with Gasteiger partial charge in [0.05, 0.1) is 0 Å². The summed E-state index contributed by atoms with van der Waals surface area (Å²) in [5.74, 6) is 0.559. The van der Waals surface area contributed by atoms with Crippen molar-refractivity contribution in [3.63, 3.8) is 0 Å². The van der Waals surface area contributed by atoms with E-state index in [1.807, 2.05) is 0 Å². The monoisotopic (exact) mass is 288 g/mol. The van der Waals surface area contributed by atoms with Gasteiger partial charge in [-0.2, -0.15) is 0 Å². The highest BCUT2D eigenvalue weighted by Crippen LogP contribution is 2.49. The van der Waals surface area contributed by atoms with Gasteiger partial charge in [-0.1, -0.05) is 44.2 Å².